The second-order valence-electron chi connectivity index (χ2n) is 6.58. The van der Waals surface area contributed by atoms with Crippen LogP contribution in [0.5, 0.6) is 0 Å². The number of hydrogen-bond acceptors (Lipinski definition) is 5. The predicted octanol–water partition coefficient (Wildman–Crippen LogP) is 3.51. The van der Waals surface area contributed by atoms with Crippen molar-refractivity contribution in [3.63, 3.8) is 0 Å². The van der Waals surface area contributed by atoms with Crippen molar-refractivity contribution >= 4 is 11.9 Å². The van der Waals surface area contributed by atoms with Gasteiger partial charge in [-0.05, 0) is 43.9 Å². The number of halogens is 1. The van der Waals surface area contributed by atoms with E-state index < -0.39 is 17.9 Å². The first kappa shape index (κ1) is 19.1. The van der Waals surface area contributed by atoms with Crippen molar-refractivity contribution in [2.45, 2.75) is 51.5 Å². The largest absolute Gasteiger partial charge is 0.466 e. The maximum atomic E-state index is 13.2. The number of benzene rings is 1. The normalized spacial score (nSPS) is 14.7. The van der Waals surface area contributed by atoms with E-state index in [0.29, 0.717) is 5.56 Å². The van der Waals surface area contributed by atoms with Crippen molar-refractivity contribution in [2.75, 3.05) is 6.61 Å². The second-order valence-corrected chi connectivity index (χ2v) is 6.58. The third-order valence-electron chi connectivity index (χ3n) is 4.67. The first-order valence-electron chi connectivity index (χ1n) is 9.28. The first-order chi connectivity index (χ1) is 13.1. The summed E-state index contributed by atoms with van der Waals surface area (Å²) >= 11 is 0. The molecule has 0 saturated heterocycles. The zero-order valence-corrected chi connectivity index (χ0v) is 15.3. The van der Waals surface area contributed by atoms with Crippen molar-refractivity contribution in [3.05, 3.63) is 52.7 Å². The van der Waals surface area contributed by atoms with Crippen LogP contribution in [0.15, 0.2) is 28.8 Å². The first-order valence-corrected chi connectivity index (χ1v) is 9.28. The monoisotopic (exact) mass is 374 g/mol. The molecule has 27 heavy (non-hydrogen) atoms. The molecule has 0 saturated carbocycles. The Bertz CT molecular complexity index is 801. The molecule has 6 nitrogen and oxygen atoms in total. The Morgan fingerprint density at radius 3 is 2.70 bits per heavy atom. The average molecular weight is 374 g/mol. The van der Waals surface area contributed by atoms with E-state index >= 15 is 0 Å². The summed E-state index contributed by atoms with van der Waals surface area (Å²) in [6.07, 6.45) is 4.57. The number of fused-ring (bicyclic) bond motifs is 1. The van der Waals surface area contributed by atoms with Gasteiger partial charge in [-0.15, -0.1) is 0 Å². The van der Waals surface area contributed by atoms with Crippen LogP contribution in [0.1, 0.15) is 66.0 Å². The Morgan fingerprint density at radius 1 is 1.22 bits per heavy atom. The van der Waals surface area contributed by atoms with E-state index in [1.54, 1.807) is 19.1 Å². The summed E-state index contributed by atoms with van der Waals surface area (Å²) in [5, 5.41) is 6.78. The number of carbonyl (C=O) groups excluding carboxylic acids is 2. The van der Waals surface area contributed by atoms with Crippen LogP contribution in [0.3, 0.4) is 0 Å². The van der Waals surface area contributed by atoms with E-state index in [1.807, 2.05) is 0 Å². The summed E-state index contributed by atoms with van der Waals surface area (Å²) in [4.78, 5) is 24.8. The van der Waals surface area contributed by atoms with Crippen LogP contribution in [0.2, 0.25) is 0 Å². The van der Waals surface area contributed by atoms with Crippen molar-refractivity contribution in [3.8, 4) is 0 Å². The van der Waals surface area contributed by atoms with Crippen molar-refractivity contribution in [1.82, 2.24) is 10.5 Å². The molecule has 2 aromatic rings. The van der Waals surface area contributed by atoms with Gasteiger partial charge < -0.3 is 14.6 Å². The highest BCUT2D eigenvalue weighted by atomic mass is 19.1. The molecule has 7 heteroatoms. The highest BCUT2D eigenvalue weighted by Gasteiger charge is 2.26. The zero-order chi connectivity index (χ0) is 19.2. The Kier molecular flexibility index (Phi) is 6.21. The van der Waals surface area contributed by atoms with Gasteiger partial charge in [0.15, 0.2) is 5.69 Å². The van der Waals surface area contributed by atoms with Crippen molar-refractivity contribution < 1.29 is 23.2 Å². The quantitative estimate of drug-likeness (QED) is 0.618. The smallest absolute Gasteiger partial charge is 0.308 e. The third kappa shape index (κ3) is 4.72. The molecule has 0 unspecified atom stereocenters. The van der Waals surface area contributed by atoms with Gasteiger partial charge in [-0.3, -0.25) is 9.59 Å². The summed E-state index contributed by atoms with van der Waals surface area (Å²) in [6, 6.07) is 5.03. The predicted molar refractivity (Wildman–Crippen MR) is 95.6 cm³/mol. The van der Waals surface area contributed by atoms with E-state index in [0.717, 1.165) is 43.4 Å². The van der Waals surface area contributed by atoms with Gasteiger partial charge in [0.25, 0.3) is 5.91 Å². The molecule has 144 valence electrons. The number of amides is 1. The highest BCUT2D eigenvalue weighted by Crippen LogP contribution is 2.25. The lowest BCUT2D eigenvalue weighted by Crippen LogP contribution is -2.31. The molecule has 0 bridgehead atoms. The van der Waals surface area contributed by atoms with E-state index in [9.17, 15) is 14.0 Å². The fourth-order valence-corrected chi connectivity index (χ4v) is 3.30. The van der Waals surface area contributed by atoms with Gasteiger partial charge in [-0.2, -0.15) is 0 Å². The van der Waals surface area contributed by atoms with Crippen LogP contribution in [-0.2, 0) is 22.4 Å². The third-order valence-corrected chi connectivity index (χ3v) is 4.67. The lowest BCUT2D eigenvalue weighted by Gasteiger charge is -2.18. The molecule has 1 aromatic carbocycles. The molecule has 0 fully saturated rings. The number of aryl methyl sites for hydroxylation is 1. The minimum Gasteiger partial charge on any atom is -0.466 e. The van der Waals surface area contributed by atoms with Crippen LogP contribution in [0.4, 0.5) is 4.39 Å². The number of aromatic nitrogens is 1. The molecule has 1 amide bonds. The fourth-order valence-electron chi connectivity index (χ4n) is 3.30. The summed E-state index contributed by atoms with van der Waals surface area (Å²) in [6.45, 7) is 1.97. The number of ether oxygens (including phenoxy) is 1. The van der Waals surface area contributed by atoms with E-state index in [2.05, 4.69) is 10.5 Å². The highest BCUT2D eigenvalue weighted by molar-refractivity contribution is 5.94. The van der Waals surface area contributed by atoms with Gasteiger partial charge in [0.2, 0.25) is 0 Å². The molecule has 1 heterocycles. The number of nitrogens with zero attached hydrogens (tertiary/aromatic N) is 1. The van der Waals surface area contributed by atoms with Crippen LogP contribution >= 0.6 is 0 Å². The Labute approximate surface area is 157 Å². The molecule has 1 aliphatic rings. The van der Waals surface area contributed by atoms with Gasteiger partial charge >= 0.3 is 5.97 Å². The number of carbonyl (C=O) groups is 2. The topological polar surface area (TPSA) is 81.4 Å². The molecule has 1 atom stereocenters. The number of rotatable bonds is 6. The van der Waals surface area contributed by atoms with Crippen molar-refractivity contribution in [2.24, 2.45) is 0 Å². The lowest BCUT2D eigenvalue weighted by molar-refractivity contribution is -0.143. The standard InChI is InChI=1S/C20H23FN2O4/c1-2-26-18(24)12-16(13-8-10-14(21)11-9-13)22-20(25)19-15-6-4-3-5-7-17(15)27-23-19/h8-11,16H,2-7,12H2,1H3,(H,22,25)/t16-/m0/s1. The molecule has 1 aromatic heterocycles. The molecular formula is C20H23FN2O4. The van der Waals surface area contributed by atoms with Crippen molar-refractivity contribution in [1.29, 1.82) is 0 Å². The summed E-state index contributed by atoms with van der Waals surface area (Å²) < 4.78 is 23.6. The van der Waals surface area contributed by atoms with Crippen LogP contribution in [-0.4, -0.2) is 23.6 Å². The fraction of sp³-hybridized carbons (Fsp3) is 0.450. The Morgan fingerprint density at radius 2 is 1.96 bits per heavy atom. The van der Waals surface area contributed by atoms with Gasteiger partial charge in [0, 0.05) is 12.0 Å². The van der Waals surface area contributed by atoms with Crippen LogP contribution in [0.25, 0.3) is 0 Å². The maximum absolute atomic E-state index is 13.2. The molecule has 3 rings (SSSR count). The summed E-state index contributed by atoms with van der Waals surface area (Å²) in [7, 11) is 0. The minimum absolute atomic E-state index is 0.0503. The van der Waals surface area contributed by atoms with Gasteiger partial charge in [-0.1, -0.05) is 23.7 Å². The zero-order valence-electron chi connectivity index (χ0n) is 15.3. The summed E-state index contributed by atoms with van der Waals surface area (Å²) in [5.74, 6) is -0.463. The SMILES string of the molecule is CCOC(=O)C[C@H](NC(=O)c1noc2c1CCCCC2)c1ccc(F)cc1. The molecule has 1 N–H and O–H groups in total. The second kappa shape index (κ2) is 8.79. The Balaban J connectivity index is 1.80. The molecule has 0 aliphatic heterocycles. The van der Waals surface area contributed by atoms with E-state index in [-0.39, 0.29) is 24.5 Å². The van der Waals surface area contributed by atoms with Crippen LogP contribution < -0.4 is 5.32 Å². The van der Waals surface area contributed by atoms with Gasteiger partial charge in [0.05, 0.1) is 19.1 Å². The molecule has 0 radical (unpaired) electrons. The molecule has 0 spiro atoms. The number of esters is 1. The maximum Gasteiger partial charge on any atom is 0.308 e. The lowest BCUT2D eigenvalue weighted by atomic mass is 10.0. The van der Waals surface area contributed by atoms with E-state index in [1.165, 1.54) is 12.1 Å². The summed E-state index contributed by atoms with van der Waals surface area (Å²) in [5.41, 5.74) is 1.73. The number of hydrogen-bond donors (Lipinski definition) is 1. The minimum atomic E-state index is -0.643. The Hall–Kier alpha value is -2.70. The van der Waals surface area contributed by atoms with Gasteiger partial charge in [-0.25, -0.2) is 4.39 Å². The molecule has 1 aliphatic carbocycles. The van der Waals surface area contributed by atoms with Crippen LogP contribution in [0, 0.1) is 5.82 Å². The number of nitrogens with one attached hydrogen (secondary N) is 1. The van der Waals surface area contributed by atoms with E-state index in [4.69, 9.17) is 9.26 Å². The average Bonchev–Trinajstić information content (AvgIpc) is 2.91. The van der Waals surface area contributed by atoms with Gasteiger partial charge in [0.1, 0.15) is 11.6 Å². The molecular weight excluding hydrogens is 351 g/mol.